The second-order valence-electron chi connectivity index (χ2n) is 4.58. The van der Waals surface area contributed by atoms with E-state index in [0.29, 0.717) is 10.6 Å². The van der Waals surface area contributed by atoms with Gasteiger partial charge in [-0.25, -0.2) is 0 Å². The zero-order valence-electron chi connectivity index (χ0n) is 10.6. The van der Waals surface area contributed by atoms with E-state index in [1.54, 1.807) is 24.3 Å². The predicted molar refractivity (Wildman–Crippen MR) is 70.1 cm³/mol. The van der Waals surface area contributed by atoms with Crippen molar-refractivity contribution in [2.75, 3.05) is 13.2 Å². The summed E-state index contributed by atoms with van der Waals surface area (Å²) in [6, 6.07) is 6.72. The van der Waals surface area contributed by atoms with Crippen molar-refractivity contribution in [3.63, 3.8) is 0 Å². The average molecular weight is 305 g/mol. The van der Waals surface area contributed by atoms with E-state index in [9.17, 15) is 10.2 Å². The van der Waals surface area contributed by atoms with Crippen LogP contribution < -0.4 is 0 Å². The van der Waals surface area contributed by atoms with Crippen molar-refractivity contribution in [2.45, 2.75) is 30.7 Å². The first kappa shape index (κ1) is 15.7. The number of aliphatic hydroxyl groups excluding tert-OH is 4. The maximum Gasteiger partial charge on any atom is 0.184 e. The molecule has 1 aliphatic rings. The van der Waals surface area contributed by atoms with Crippen molar-refractivity contribution in [2.24, 2.45) is 0 Å². The van der Waals surface area contributed by atoms with Gasteiger partial charge in [-0.15, -0.1) is 0 Å². The summed E-state index contributed by atoms with van der Waals surface area (Å²) in [5, 5.41) is 38.0. The van der Waals surface area contributed by atoms with Gasteiger partial charge in [-0.05, 0) is 12.1 Å². The van der Waals surface area contributed by atoms with Crippen molar-refractivity contribution in [3.8, 4) is 0 Å². The van der Waals surface area contributed by atoms with Gasteiger partial charge in [-0.3, -0.25) is 0 Å². The van der Waals surface area contributed by atoms with Gasteiger partial charge in [0, 0.05) is 10.6 Å². The monoisotopic (exact) mass is 304 g/mol. The van der Waals surface area contributed by atoms with Gasteiger partial charge >= 0.3 is 0 Å². The summed E-state index contributed by atoms with van der Waals surface area (Å²) in [6.45, 7) is -1.06. The van der Waals surface area contributed by atoms with Crippen LogP contribution in [0.2, 0.25) is 5.02 Å². The first-order valence-electron chi connectivity index (χ1n) is 6.21. The fraction of sp³-hybridized carbons (Fsp3) is 0.538. The molecule has 0 amide bonds. The van der Waals surface area contributed by atoms with Crippen molar-refractivity contribution < 1.29 is 29.9 Å². The minimum Gasteiger partial charge on any atom is -0.394 e. The summed E-state index contributed by atoms with van der Waals surface area (Å²) in [7, 11) is 0. The average Bonchev–Trinajstić information content (AvgIpc) is 2.91. The summed E-state index contributed by atoms with van der Waals surface area (Å²) in [5.41, 5.74) is 0.664. The zero-order valence-corrected chi connectivity index (χ0v) is 11.3. The maximum atomic E-state index is 9.71. The third-order valence-electron chi connectivity index (χ3n) is 3.16. The van der Waals surface area contributed by atoms with Crippen LogP contribution in [0.5, 0.6) is 0 Å². The third-order valence-corrected chi connectivity index (χ3v) is 3.41. The summed E-state index contributed by atoms with van der Waals surface area (Å²) >= 11 is 5.79. The van der Waals surface area contributed by atoms with E-state index in [1.165, 1.54) is 0 Å². The highest BCUT2D eigenvalue weighted by Crippen LogP contribution is 2.34. The Morgan fingerprint density at radius 3 is 1.80 bits per heavy atom. The molecule has 1 heterocycles. The Balaban J connectivity index is 2.16. The van der Waals surface area contributed by atoms with Gasteiger partial charge in [0.05, 0.1) is 13.2 Å². The minimum atomic E-state index is -1.21. The van der Waals surface area contributed by atoms with E-state index in [0.717, 1.165) is 0 Å². The molecule has 1 aliphatic heterocycles. The van der Waals surface area contributed by atoms with Gasteiger partial charge in [0.2, 0.25) is 0 Å². The fourth-order valence-corrected chi connectivity index (χ4v) is 2.20. The molecule has 20 heavy (non-hydrogen) atoms. The molecule has 1 fully saturated rings. The first-order chi connectivity index (χ1) is 9.56. The second kappa shape index (κ2) is 6.82. The molecule has 5 atom stereocenters. The lowest BCUT2D eigenvalue weighted by atomic mass is 10.0. The van der Waals surface area contributed by atoms with Crippen LogP contribution in [0.1, 0.15) is 11.9 Å². The zero-order chi connectivity index (χ0) is 14.7. The number of hydrogen-bond acceptors (Lipinski definition) is 6. The van der Waals surface area contributed by atoms with Gasteiger partial charge in [0.25, 0.3) is 0 Å². The topological polar surface area (TPSA) is 99.4 Å². The van der Waals surface area contributed by atoms with E-state index in [2.05, 4.69) is 0 Å². The number of rotatable bonds is 5. The summed E-state index contributed by atoms with van der Waals surface area (Å²) in [4.78, 5) is 0. The Hall–Kier alpha value is -0.730. The summed E-state index contributed by atoms with van der Waals surface area (Å²) < 4.78 is 11.1. The van der Waals surface area contributed by atoms with Crippen molar-refractivity contribution >= 4 is 11.6 Å². The Kier molecular flexibility index (Phi) is 5.34. The SMILES string of the molecule is OC[C@@H](O)[C@@H]1OC(c2ccc(Cl)cc2)O[C@H]1[C@@H](O)CO. The quantitative estimate of drug-likeness (QED) is 0.603. The number of benzene rings is 1. The van der Waals surface area contributed by atoms with Crippen LogP contribution in [0.3, 0.4) is 0 Å². The molecule has 0 spiro atoms. The van der Waals surface area contributed by atoms with Crippen LogP contribution in [0.15, 0.2) is 24.3 Å². The molecular formula is C13H17ClO6. The lowest BCUT2D eigenvalue weighted by Gasteiger charge is -2.23. The van der Waals surface area contributed by atoms with E-state index in [-0.39, 0.29) is 0 Å². The maximum absolute atomic E-state index is 9.71. The van der Waals surface area contributed by atoms with Crippen LogP contribution in [0.25, 0.3) is 0 Å². The number of aliphatic hydroxyl groups is 4. The standard InChI is InChI=1S/C13H17ClO6/c14-8-3-1-7(2-4-8)13-19-11(9(17)5-15)12(20-13)10(18)6-16/h1-4,9-13,15-18H,5-6H2/t9-,10+,11-,12-,13?/m0/s1. The molecule has 1 unspecified atom stereocenters. The smallest absolute Gasteiger partial charge is 0.184 e. The van der Waals surface area contributed by atoms with Crippen molar-refractivity contribution in [1.82, 2.24) is 0 Å². The molecule has 1 aromatic carbocycles. The molecule has 0 aromatic heterocycles. The third kappa shape index (κ3) is 3.29. The summed E-state index contributed by atoms with van der Waals surface area (Å²) in [6.07, 6.45) is -5.08. The van der Waals surface area contributed by atoms with Gasteiger partial charge in [0.1, 0.15) is 24.4 Å². The Morgan fingerprint density at radius 2 is 1.40 bits per heavy atom. The van der Waals surface area contributed by atoms with E-state index in [1.807, 2.05) is 0 Å². The molecule has 112 valence electrons. The number of halogens is 1. The molecule has 1 aromatic rings. The summed E-state index contributed by atoms with van der Waals surface area (Å²) in [5.74, 6) is 0. The largest absolute Gasteiger partial charge is 0.394 e. The van der Waals surface area contributed by atoms with E-state index >= 15 is 0 Å². The van der Waals surface area contributed by atoms with Crippen molar-refractivity contribution in [1.29, 1.82) is 0 Å². The van der Waals surface area contributed by atoms with Crippen LogP contribution in [0, 0.1) is 0 Å². The molecule has 0 radical (unpaired) electrons. The fourth-order valence-electron chi connectivity index (χ4n) is 2.08. The van der Waals surface area contributed by atoms with Crippen LogP contribution in [-0.4, -0.2) is 58.1 Å². The Morgan fingerprint density at radius 1 is 0.950 bits per heavy atom. The lowest BCUT2D eigenvalue weighted by molar-refractivity contribution is -0.0957. The highest BCUT2D eigenvalue weighted by Gasteiger charge is 2.44. The van der Waals surface area contributed by atoms with Crippen molar-refractivity contribution in [3.05, 3.63) is 34.9 Å². The van der Waals surface area contributed by atoms with Gasteiger partial charge in [-0.1, -0.05) is 23.7 Å². The van der Waals surface area contributed by atoms with Gasteiger partial charge in [0.15, 0.2) is 6.29 Å². The van der Waals surface area contributed by atoms with Crippen LogP contribution in [-0.2, 0) is 9.47 Å². The normalized spacial score (nSPS) is 29.4. The Bertz CT molecular complexity index is 407. The number of hydrogen-bond donors (Lipinski definition) is 4. The van der Waals surface area contributed by atoms with Crippen LogP contribution >= 0.6 is 11.6 Å². The van der Waals surface area contributed by atoms with E-state index < -0.39 is 43.9 Å². The molecule has 4 N–H and O–H groups in total. The molecule has 6 nitrogen and oxygen atoms in total. The number of ether oxygens (including phenoxy) is 2. The highest BCUT2D eigenvalue weighted by atomic mass is 35.5. The molecule has 7 heteroatoms. The Labute approximate surface area is 121 Å². The minimum absolute atomic E-state index is 0.532. The van der Waals surface area contributed by atoms with Crippen LogP contribution in [0.4, 0.5) is 0 Å². The highest BCUT2D eigenvalue weighted by molar-refractivity contribution is 6.30. The molecule has 0 aliphatic carbocycles. The second-order valence-corrected chi connectivity index (χ2v) is 5.02. The van der Waals surface area contributed by atoms with E-state index in [4.69, 9.17) is 31.3 Å². The molecule has 1 saturated heterocycles. The molecular weight excluding hydrogens is 288 g/mol. The van der Waals surface area contributed by atoms with Gasteiger partial charge < -0.3 is 29.9 Å². The molecule has 0 saturated carbocycles. The molecule has 0 bridgehead atoms. The predicted octanol–water partition coefficient (Wildman–Crippen LogP) is -0.171. The lowest BCUT2D eigenvalue weighted by Crippen LogP contribution is -2.45. The molecule has 2 rings (SSSR count). The van der Waals surface area contributed by atoms with Gasteiger partial charge in [-0.2, -0.15) is 0 Å². The first-order valence-corrected chi connectivity index (χ1v) is 6.59.